The third kappa shape index (κ3) is 5.60. The van der Waals surface area contributed by atoms with E-state index in [0.29, 0.717) is 0 Å². The zero-order valence-corrected chi connectivity index (χ0v) is 25.5. The fourth-order valence-electron chi connectivity index (χ4n) is 6.65. The second-order valence-electron chi connectivity index (χ2n) is 13.1. The molecule has 0 aliphatic carbocycles. The molecule has 0 spiro atoms. The van der Waals surface area contributed by atoms with E-state index in [-0.39, 0.29) is 19.8 Å². The fourth-order valence-corrected chi connectivity index (χ4v) is 6.65. The van der Waals surface area contributed by atoms with E-state index < -0.39 is 90.9 Å². The minimum absolute atomic E-state index is 0.0380. The van der Waals surface area contributed by atoms with Gasteiger partial charge in [0.15, 0.2) is 36.0 Å². The van der Waals surface area contributed by atoms with Gasteiger partial charge in [0.25, 0.3) is 0 Å². The SMILES string of the molecule is CC1(C)O[C@H]2[C@@H](O1)[C@@H](CO[C@H]1O[C@@H]3COC(C)(C)O[C@H]3[C@@H]3OC(=O)N(C(=O)OCc4ccccc4)[C@H]13)O[C@@H]1OC(C)(C)O[C@@H]12. The number of hydrogen-bond donors (Lipinski definition) is 0. The van der Waals surface area contributed by atoms with Crippen LogP contribution in [0, 0.1) is 0 Å². The van der Waals surface area contributed by atoms with Crippen molar-refractivity contribution in [1.82, 2.24) is 4.90 Å². The van der Waals surface area contributed by atoms with E-state index >= 15 is 0 Å². The molecule has 0 radical (unpaired) electrons. The lowest BCUT2D eigenvalue weighted by Crippen LogP contribution is -2.66. The first-order valence-electron chi connectivity index (χ1n) is 15.0. The Balaban J connectivity index is 1.12. The van der Waals surface area contributed by atoms with E-state index in [4.69, 9.17) is 52.1 Å². The van der Waals surface area contributed by atoms with Gasteiger partial charge in [-0.15, -0.1) is 0 Å². The second-order valence-corrected chi connectivity index (χ2v) is 13.1. The minimum atomic E-state index is -1.13. The number of imide groups is 1. The normalized spacial score (nSPS) is 41.2. The molecule has 0 unspecified atom stereocenters. The Morgan fingerprint density at radius 3 is 2.30 bits per heavy atom. The van der Waals surface area contributed by atoms with Crippen molar-refractivity contribution < 1.29 is 61.7 Å². The highest BCUT2D eigenvalue weighted by atomic mass is 16.9. The Bertz CT molecular complexity index is 1260. The summed E-state index contributed by atoms with van der Waals surface area (Å²) in [5.41, 5.74) is 0.762. The van der Waals surface area contributed by atoms with Gasteiger partial charge < -0.3 is 52.1 Å². The maximum atomic E-state index is 13.4. The summed E-state index contributed by atoms with van der Waals surface area (Å²) < 4.78 is 66.7. The maximum absolute atomic E-state index is 13.4. The lowest BCUT2D eigenvalue weighted by atomic mass is 9.95. The number of nitrogens with zero attached hydrogens (tertiary/aromatic N) is 1. The molecule has 10 atom stereocenters. The zero-order chi connectivity index (χ0) is 31.0. The number of amides is 2. The standard InChI is InChI=1S/C30H39NO13/c1-28(2)36-14-17-19(40-28)21-18(31(27(33)39-21)26(32)35-12-15-10-8-7-9-11-15)24(37-17)34-13-16-20-22(42-29(3,4)41-20)23-25(38-16)44-30(5,6)43-23/h7-11,16-25H,12-14H2,1-6H3/t16-,17-,18+,19-,20+,21-,22+,23-,24+,25-/m1/s1. The van der Waals surface area contributed by atoms with Crippen LogP contribution in [0.3, 0.4) is 0 Å². The van der Waals surface area contributed by atoms with Crippen LogP contribution in [0.15, 0.2) is 30.3 Å². The van der Waals surface area contributed by atoms with Gasteiger partial charge in [0.2, 0.25) is 0 Å². The summed E-state index contributed by atoms with van der Waals surface area (Å²) in [6.45, 7) is 10.8. The lowest BCUT2D eigenvalue weighted by molar-refractivity contribution is -0.368. The number of carbonyl (C=O) groups is 2. The third-order valence-corrected chi connectivity index (χ3v) is 8.44. The highest BCUT2D eigenvalue weighted by molar-refractivity contribution is 5.90. The molecule has 0 bridgehead atoms. The number of ether oxygens (including phenoxy) is 11. The topological polar surface area (TPSA) is 139 Å². The smallest absolute Gasteiger partial charge is 0.420 e. The van der Waals surface area contributed by atoms with Gasteiger partial charge in [0.05, 0.1) is 13.2 Å². The van der Waals surface area contributed by atoms with E-state index in [1.807, 2.05) is 44.2 Å². The highest BCUT2D eigenvalue weighted by Gasteiger charge is 2.64. The first-order chi connectivity index (χ1) is 20.8. The van der Waals surface area contributed by atoms with Gasteiger partial charge in [-0.2, -0.15) is 4.90 Å². The van der Waals surface area contributed by atoms with Crippen molar-refractivity contribution >= 4 is 12.2 Å². The molecule has 2 amide bonds. The molecule has 14 nitrogen and oxygen atoms in total. The van der Waals surface area contributed by atoms with Gasteiger partial charge in [0, 0.05) is 0 Å². The molecule has 6 aliphatic heterocycles. The molecule has 6 fully saturated rings. The number of carbonyl (C=O) groups excluding carboxylic acids is 2. The van der Waals surface area contributed by atoms with E-state index in [1.165, 1.54) is 0 Å². The van der Waals surface area contributed by atoms with Crippen LogP contribution in [0.1, 0.15) is 47.1 Å². The maximum Gasteiger partial charge on any atom is 0.420 e. The average Bonchev–Trinajstić information content (AvgIpc) is 3.59. The second kappa shape index (κ2) is 10.9. The Labute approximate surface area is 254 Å². The predicted molar refractivity (Wildman–Crippen MR) is 145 cm³/mol. The summed E-state index contributed by atoms with van der Waals surface area (Å²) in [6, 6.07) is 8.13. The van der Waals surface area contributed by atoms with Crippen molar-refractivity contribution in [3.05, 3.63) is 35.9 Å². The van der Waals surface area contributed by atoms with E-state index in [0.717, 1.165) is 10.5 Å². The van der Waals surface area contributed by atoms with Crippen LogP contribution < -0.4 is 0 Å². The molecule has 0 aromatic heterocycles. The summed E-state index contributed by atoms with van der Waals surface area (Å²) in [6.07, 6.45) is -8.05. The van der Waals surface area contributed by atoms with Crippen LogP contribution in [0.2, 0.25) is 0 Å². The van der Waals surface area contributed by atoms with E-state index in [9.17, 15) is 9.59 Å². The van der Waals surface area contributed by atoms with Crippen molar-refractivity contribution in [2.45, 2.75) is 127 Å². The summed E-state index contributed by atoms with van der Waals surface area (Å²) in [5, 5.41) is 0. The molecule has 6 heterocycles. The molecule has 14 heteroatoms. The monoisotopic (exact) mass is 621 g/mol. The molecule has 1 aromatic carbocycles. The molecule has 7 rings (SSSR count). The largest absolute Gasteiger partial charge is 0.444 e. The quantitative estimate of drug-likeness (QED) is 0.477. The van der Waals surface area contributed by atoms with Crippen molar-refractivity contribution in [2.75, 3.05) is 13.2 Å². The lowest BCUT2D eigenvalue weighted by Gasteiger charge is -2.49. The predicted octanol–water partition coefficient (Wildman–Crippen LogP) is 2.80. The van der Waals surface area contributed by atoms with Gasteiger partial charge in [-0.05, 0) is 47.1 Å². The van der Waals surface area contributed by atoms with Gasteiger partial charge in [-0.25, -0.2) is 9.59 Å². The van der Waals surface area contributed by atoms with Crippen molar-refractivity contribution in [3.63, 3.8) is 0 Å². The number of fused-ring (bicyclic) bond motifs is 6. The average molecular weight is 622 g/mol. The Hall–Kier alpha value is -2.40. The summed E-state index contributed by atoms with van der Waals surface area (Å²) >= 11 is 0. The van der Waals surface area contributed by atoms with Crippen LogP contribution in [-0.4, -0.2) is 109 Å². The molecular formula is C30H39NO13. The van der Waals surface area contributed by atoms with Crippen molar-refractivity contribution in [1.29, 1.82) is 0 Å². The molecular weight excluding hydrogens is 582 g/mol. The summed E-state index contributed by atoms with van der Waals surface area (Å²) in [7, 11) is 0. The fraction of sp³-hybridized carbons (Fsp3) is 0.733. The molecule has 44 heavy (non-hydrogen) atoms. The van der Waals surface area contributed by atoms with Gasteiger partial charge in [-0.1, -0.05) is 30.3 Å². The molecule has 6 saturated heterocycles. The number of benzene rings is 1. The van der Waals surface area contributed by atoms with Crippen molar-refractivity contribution in [2.24, 2.45) is 0 Å². The van der Waals surface area contributed by atoms with E-state index in [2.05, 4.69) is 0 Å². The zero-order valence-electron chi connectivity index (χ0n) is 25.5. The summed E-state index contributed by atoms with van der Waals surface area (Å²) in [4.78, 5) is 27.5. The summed E-state index contributed by atoms with van der Waals surface area (Å²) in [5.74, 6) is -2.73. The van der Waals surface area contributed by atoms with Crippen LogP contribution in [0.5, 0.6) is 0 Å². The molecule has 242 valence electrons. The Kier molecular flexibility index (Phi) is 7.46. The highest BCUT2D eigenvalue weighted by Crippen LogP contribution is 2.45. The first-order valence-corrected chi connectivity index (χ1v) is 15.0. The van der Waals surface area contributed by atoms with Gasteiger partial charge in [0.1, 0.15) is 49.3 Å². The van der Waals surface area contributed by atoms with Gasteiger partial charge >= 0.3 is 12.2 Å². The van der Waals surface area contributed by atoms with Crippen LogP contribution in [0.4, 0.5) is 9.59 Å². The third-order valence-electron chi connectivity index (χ3n) is 8.44. The Morgan fingerprint density at radius 1 is 0.841 bits per heavy atom. The van der Waals surface area contributed by atoms with E-state index in [1.54, 1.807) is 27.7 Å². The molecule has 6 aliphatic rings. The van der Waals surface area contributed by atoms with Gasteiger partial charge in [-0.3, -0.25) is 0 Å². The number of hydrogen-bond acceptors (Lipinski definition) is 13. The van der Waals surface area contributed by atoms with Crippen LogP contribution >= 0.6 is 0 Å². The van der Waals surface area contributed by atoms with Crippen LogP contribution in [0.25, 0.3) is 0 Å². The van der Waals surface area contributed by atoms with Crippen LogP contribution in [-0.2, 0) is 58.7 Å². The van der Waals surface area contributed by atoms with Crippen molar-refractivity contribution in [3.8, 4) is 0 Å². The Morgan fingerprint density at radius 2 is 1.52 bits per heavy atom. The minimum Gasteiger partial charge on any atom is -0.444 e. The first kappa shape index (κ1) is 30.3. The number of rotatable bonds is 5. The molecule has 1 aromatic rings. The molecule has 0 N–H and O–H groups in total. The molecule has 0 saturated carbocycles.